The van der Waals surface area contributed by atoms with Crippen molar-refractivity contribution in [3.8, 4) is 0 Å². The Morgan fingerprint density at radius 3 is 3.21 bits per heavy atom. The number of rotatable bonds is 1. The third-order valence-electron chi connectivity index (χ3n) is 1.95. The zero-order valence-corrected chi connectivity index (χ0v) is 8.12. The van der Waals surface area contributed by atoms with Gasteiger partial charge in [0.25, 0.3) is 0 Å². The molecule has 1 saturated heterocycles. The highest BCUT2D eigenvalue weighted by Crippen LogP contribution is 2.17. The Bertz CT molecular complexity index is 356. The van der Waals surface area contributed by atoms with E-state index >= 15 is 0 Å². The maximum Gasteiger partial charge on any atom is 0.246 e. The van der Waals surface area contributed by atoms with E-state index in [4.69, 9.17) is 16.3 Å². The second-order valence-corrected chi connectivity index (χ2v) is 3.47. The van der Waals surface area contributed by atoms with Gasteiger partial charge in [-0.15, -0.1) is 0 Å². The maximum absolute atomic E-state index is 11.0. The molecule has 1 N–H and O–H groups in total. The van der Waals surface area contributed by atoms with Crippen molar-refractivity contribution in [1.82, 2.24) is 10.3 Å². The van der Waals surface area contributed by atoms with Gasteiger partial charge in [-0.2, -0.15) is 0 Å². The van der Waals surface area contributed by atoms with Crippen molar-refractivity contribution in [1.29, 1.82) is 0 Å². The van der Waals surface area contributed by atoms with E-state index in [1.165, 1.54) is 0 Å². The molecule has 74 valence electrons. The van der Waals surface area contributed by atoms with E-state index < -0.39 is 0 Å². The van der Waals surface area contributed by atoms with Crippen LogP contribution in [0.2, 0.25) is 5.02 Å². The number of hydrogen-bond donors (Lipinski definition) is 1. The Labute approximate surface area is 86.2 Å². The van der Waals surface area contributed by atoms with Gasteiger partial charge >= 0.3 is 0 Å². The standard InChI is InChI=1S/C9H9ClN2O2/c10-6-1-2-11-7(3-6)8-4-14-5-9(13)12-8/h1-3,8H,4-5H2,(H,12,13)/t8-/m1/s1. The van der Waals surface area contributed by atoms with Crippen LogP contribution in [0.25, 0.3) is 0 Å². The first kappa shape index (κ1) is 9.43. The smallest absolute Gasteiger partial charge is 0.246 e. The van der Waals surface area contributed by atoms with Crippen molar-refractivity contribution in [2.75, 3.05) is 13.2 Å². The number of nitrogens with one attached hydrogen (secondary N) is 1. The molecule has 1 fully saturated rings. The first-order valence-corrected chi connectivity index (χ1v) is 4.62. The van der Waals surface area contributed by atoms with Gasteiger partial charge in [0.05, 0.1) is 18.3 Å². The summed E-state index contributed by atoms with van der Waals surface area (Å²) in [5, 5.41) is 3.38. The average Bonchev–Trinajstić information content (AvgIpc) is 2.18. The predicted octanol–water partition coefficient (Wildman–Crippen LogP) is 0.922. The molecule has 1 amide bonds. The number of hydrogen-bond acceptors (Lipinski definition) is 3. The third kappa shape index (κ3) is 2.02. The van der Waals surface area contributed by atoms with Crippen LogP contribution in [0.3, 0.4) is 0 Å². The monoisotopic (exact) mass is 212 g/mol. The highest BCUT2D eigenvalue weighted by atomic mass is 35.5. The molecule has 0 saturated carbocycles. The largest absolute Gasteiger partial charge is 0.369 e. The first-order valence-electron chi connectivity index (χ1n) is 4.24. The molecular formula is C9H9ClN2O2. The van der Waals surface area contributed by atoms with Crippen LogP contribution in [0.4, 0.5) is 0 Å². The van der Waals surface area contributed by atoms with Gasteiger partial charge in [0.15, 0.2) is 0 Å². The van der Waals surface area contributed by atoms with Crippen molar-refractivity contribution in [3.05, 3.63) is 29.0 Å². The summed E-state index contributed by atoms with van der Waals surface area (Å²) in [4.78, 5) is 15.2. The fourth-order valence-electron chi connectivity index (χ4n) is 1.32. The topological polar surface area (TPSA) is 51.2 Å². The van der Waals surface area contributed by atoms with E-state index in [-0.39, 0.29) is 18.6 Å². The van der Waals surface area contributed by atoms with Crippen molar-refractivity contribution < 1.29 is 9.53 Å². The Morgan fingerprint density at radius 1 is 1.64 bits per heavy atom. The van der Waals surface area contributed by atoms with Crippen molar-refractivity contribution in [2.24, 2.45) is 0 Å². The zero-order valence-electron chi connectivity index (χ0n) is 7.37. The Kier molecular flexibility index (Phi) is 2.65. The third-order valence-corrected chi connectivity index (χ3v) is 2.19. The van der Waals surface area contributed by atoms with Crippen LogP contribution < -0.4 is 5.32 Å². The Balaban J connectivity index is 2.17. The van der Waals surface area contributed by atoms with Crippen LogP contribution in [0, 0.1) is 0 Å². The summed E-state index contributed by atoms with van der Waals surface area (Å²) in [6, 6.07) is 3.23. The fourth-order valence-corrected chi connectivity index (χ4v) is 1.49. The molecule has 0 aliphatic carbocycles. The minimum Gasteiger partial charge on any atom is -0.369 e. The van der Waals surface area contributed by atoms with Gasteiger partial charge in [0.2, 0.25) is 5.91 Å². The quantitative estimate of drug-likeness (QED) is 0.753. The molecule has 1 aromatic rings. The van der Waals surface area contributed by atoms with Gasteiger partial charge in [0.1, 0.15) is 6.61 Å². The summed E-state index contributed by atoms with van der Waals surface area (Å²) in [6.07, 6.45) is 1.61. The fraction of sp³-hybridized carbons (Fsp3) is 0.333. The Hall–Kier alpha value is -1.13. The van der Waals surface area contributed by atoms with E-state index in [2.05, 4.69) is 10.3 Å². The van der Waals surface area contributed by atoms with Gasteiger partial charge < -0.3 is 10.1 Å². The van der Waals surface area contributed by atoms with Gasteiger partial charge in [-0.05, 0) is 12.1 Å². The molecule has 0 unspecified atom stereocenters. The van der Waals surface area contributed by atoms with Crippen LogP contribution in [-0.2, 0) is 9.53 Å². The van der Waals surface area contributed by atoms with Crippen LogP contribution >= 0.6 is 11.6 Å². The average molecular weight is 213 g/mol. The molecule has 14 heavy (non-hydrogen) atoms. The van der Waals surface area contributed by atoms with E-state index in [1.54, 1.807) is 18.3 Å². The normalized spacial score (nSPS) is 21.8. The maximum atomic E-state index is 11.0. The van der Waals surface area contributed by atoms with Gasteiger partial charge in [-0.3, -0.25) is 9.78 Å². The molecule has 0 spiro atoms. The van der Waals surface area contributed by atoms with Crippen LogP contribution in [0.1, 0.15) is 11.7 Å². The molecule has 0 aromatic carbocycles. The predicted molar refractivity (Wildman–Crippen MR) is 50.9 cm³/mol. The summed E-state index contributed by atoms with van der Waals surface area (Å²) >= 11 is 5.81. The summed E-state index contributed by atoms with van der Waals surface area (Å²) in [6.45, 7) is 0.566. The minimum atomic E-state index is -0.185. The Morgan fingerprint density at radius 2 is 2.50 bits per heavy atom. The highest BCUT2D eigenvalue weighted by molar-refractivity contribution is 6.30. The zero-order chi connectivity index (χ0) is 9.97. The molecule has 1 aromatic heterocycles. The number of amides is 1. The molecule has 1 aliphatic heterocycles. The van der Waals surface area contributed by atoms with Crippen LogP contribution in [0.5, 0.6) is 0 Å². The van der Waals surface area contributed by atoms with E-state index in [1.807, 2.05) is 0 Å². The first-order chi connectivity index (χ1) is 6.75. The molecule has 2 heterocycles. The number of pyridine rings is 1. The lowest BCUT2D eigenvalue weighted by molar-refractivity contribution is -0.131. The van der Waals surface area contributed by atoms with Gasteiger partial charge in [-0.1, -0.05) is 11.6 Å². The summed E-state index contributed by atoms with van der Waals surface area (Å²) in [7, 11) is 0. The number of halogens is 1. The van der Waals surface area contributed by atoms with E-state index in [0.29, 0.717) is 11.6 Å². The second kappa shape index (κ2) is 3.94. The number of carbonyl (C=O) groups is 1. The number of ether oxygens (including phenoxy) is 1. The molecular weight excluding hydrogens is 204 g/mol. The van der Waals surface area contributed by atoms with Gasteiger partial charge in [-0.25, -0.2) is 0 Å². The lowest BCUT2D eigenvalue weighted by atomic mass is 10.2. The summed E-state index contributed by atoms with van der Waals surface area (Å²) < 4.78 is 5.09. The van der Waals surface area contributed by atoms with Crippen LogP contribution in [-0.4, -0.2) is 24.1 Å². The molecule has 4 nitrogen and oxygen atoms in total. The van der Waals surface area contributed by atoms with E-state index in [9.17, 15) is 4.79 Å². The van der Waals surface area contributed by atoms with Crippen molar-refractivity contribution in [3.63, 3.8) is 0 Å². The SMILES string of the molecule is O=C1COC[C@H](c2cc(Cl)ccn2)N1. The molecule has 1 aliphatic rings. The second-order valence-electron chi connectivity index (χ2n) is 3.03. The lowest BCUT2D eigenvalue weighted by Crippen LogP contribution is -2.40. The molecule has 0 bridgehead atoms. The number of carbonyl (C=O) groups excluding carboxylic acids is 1. The van der Waals surface area contributed by atoms with Crippen molar-refractivity contribution >= 4 is 17.5 Å². The molecule has 1 atom stereocenters. The lowest BCUT2D eigenvalue weighted by Gasteiger charge is -2.22. The van der Waals surface area contributed by atoms with Crippen LogP contribution in [0.15, 0.2) is 18.3 Å². The molecule has 0 radical (unpaired) electrons. The number of aromatic nitrogens is 1. The molecule has 2 rings (SSSR count). The number of morpholine rings is 1. The minimum absolute atomic E-state index is 0.122. The summed E-state index contributed by atoms with van der Waals surface area (Å²) in [5.41, 5.74) is 0.727. The van der Waals surface area contributed by atoms with E-state index in [0.717, 1.165) is 5.69 Å². The number of nitrogens with zero attached hydrogens (tertiary/aromatic N) is 1. The highest BCUT2D eigenvalue weighted by Gasteiger charge is 2.21. The molecule has 5 heteroatoms. The summed E-state index contributed by atoms with van der Waals surface area (Å²) in [5.74, 6) is -0.122. The van der Waals surface area contributed by atoms with Crippen molar-refractivity contribution in [2.45, 2.75) is 6.04 Å². The van der Waals surface area contributed by atoms with Gasteiger partial charge in [0, 0.05) is 11.2 Å².